The molecule has 0 unspecified atom stereocenters. The number of hydrogen-bond donors (Lipinski definition) is 0. The monoisotopic (exact) mass is 258 g/mol. The van der Waals surface area contributed by atoms with E-state index in [4.69, 9.17) is 11.6 Å². The van der Waals surface area contributed by atoms with Gasteiger partial charge in [0, 0.05) is 23.2 Å². The number of Topliss-reactive ketones (excluding diaryl/α,β-unsaturated/α-hetero) is 1. The molecule has 90 valence electrons. The van der Waals surface area contributed by atoms with Crippen LogP contribution in [0.5, 0.6) is 0 Å². The lowest BCUT2D eigenvalue weighted by Gasteiger charge is -2.13. The van der Waals surface area contributed by atoms with Crippen molar-refractivity contribution in [2.75, 3.05) is 0 Å². The number of aryl methyl sites for hydroxylation is 1. The van der Waals surface area contributed by atoms with Crippen molar-refractivity contribution in [1.29, 1.82) is 0 Å². The third kappa shape index (κ3) is 2.02. The highest BCUT2D eigenvalue weighted by Gasteiger charge is 2.19. The summed E-state index contributed by atoms with van der Waals surface area (Å²) in [7, 11) is 0. The molecule has 0 radical (unpaired) electrons. The van der Waals surface area contributed by atoms with Crippen LogP contribution in [0, 0.1) is 0 Å². The minimum atomic E-state index is 0.147. The Kier molecular flexibility index (Phi) is 2.84. The van der Waals surface area contributed by atoms with Crippen LogP contribution in [0.2, 0.25) is 5.02 Å². The molecule has 0 N–H and O–H groups in total. The first kappa shape index (κ1) is 11.4. The predicted molar refractivity (Wildman–Crippen MR) is 69.7 cm³/mol. The molecule has 0 amide bonds. The molecule has 0 atom stereocenters. The number of fused-ring (bicyclic) bond motifs is 1. The van der Waals surface area contributed by atoms with Crippen LogP contribution in [0.4, 0.5) is 0 Å². The van der Waals surface area contributed by atoms with Gasteiger partial charge in [0.1, 0.15) is 0 Å². The second kappa shape index (κ2) is 4.50. The zero-order chi connectivity index (χ0) is 12.5. The number of hydrogen-bond acceptors (Lipinski definition) is 3. The van der Waals surface area contributed by atoms with Gasteiger partial charge in [0.2, 0.25) is 0 Å². The zero-order valence-corrected chi connectivity index (χ0v) is 10.4. The highest BCUT2D eigenvalue weighted by molar-refractivity contribution is 6.30. The number of carbonyl (C=O) groups excluding carboxylic acids is 1. The predicted octanol–water partition coefficient (Wildman–Crippen LogP) is 3.32. The van der Waals surface area contributed by atoms with E-state index < -0.39 is 0 Å². The van der Waals surface area contributed by atoms with Gasteiger partial charge in [-0.15, -0.1) is 0 Å². The van der Waals surface area contributed by atoms with Crippen LogP contribution in [0.3, 0.4) is 0 Å². The zero-order valence-electron chi connectivity index (χ0n) is 9.69. The van der Waals surface area contributed by atoms with Gasteiger partial charge in [0.25, 0.3) is 0 Å². The van der Waals surface area contributed by atoms with Gasteiger partial charge in [-0.05, 0) is 25.0 Å². The van der Waals surface area contributed by atoms with E-state index in [0.29, 0.717) is 22.8 Å². The summed E-state index contributed by atoms with van der Waals surface area (Å²) >= 11 is 5.95. The van der Waals surface area contributed by atoms with Gasteiger partial charge >= 0.3 is 0 Å². The lowest BCUT2D eigenvalue weighted by Crippen LogP contribution is -2.13. The molecule has 0 bridgehead atoms. The average molecular weight is 259 g/mol. The quantitative estimate of drug-likeness (QED) is 0.788. The molecule has 0 spiro atoms. The topological polar surface area (TPSA) is 42.9 Å². The van der Waals surface area contributed by atoms with Crippen LogP contribution in [0.25, 0.3) is 11.4 Å². The van der Waals surface area contributed by atoms with Crippen LogP contribution >= 0.6 is 11.6 Å². The van der Waals surface area contributed by atoms with E-state index in [9.17, 15) is 4.79 Å². The maximum Gasteiger partial charge on any atom is 0.166 e. The van der Waals surface area contributed by atoms with E-state index in [1.165, 1.54) is 0 Å². The summed E-state index contributed by atoms with van der Waals surface area (Å²) in [5.41, 5.74) is 2.41. The van der Waals surface area contributed by atoms with Crippen molar-refractivity contribution in [2.45, 2.75) is 19.3 Å². The lowest BCUT2D eigenvalue weighted by atomic mass is 9.96. The molecular weight excluding hydrogens is 248 g/mol. The molecule has 3 nitrogen and oxygen atoms in total. The fourth-order valence-electron chi connectivity index (χ4n) is 2.16. The van der Waals surface area contributed by atoms with E-state index in [1.807, 2.05) is 24.3 Å². The van der Waals surface area contributed by atoms with E-state index in [2.05, 4.69) is 9.97 Å². The molecular formula is C14H11ClN2O. The fourth-order valence-corrected chi connectivity index (χ4v) is 2.35. The summed E-state index contributed by atoms with van der Waals surface area (Å²) in [4.78, 5) is 20.4. The van der Waals surface area contributed by atoms with E-state index in [0.717, 1.165) is 24.1 Å². The number of rotatable bonds is 1. The van der Waals surface area contributed by atoms with Crippen LogP contribution in [-0.2, 0) is 6.42 Å². The normalized spacial score (nSPS) is 14.4. The summed E-state index contributed by atoms with van der Waals surface area (Å²) in [6.07, 6.45) is 3.96. The largest absolute Gasteiger partial charge is 0.294 e. The molecule has 1 aliphatic carbocycles. The molecule has 3 rings (SSSR count). The SMILES string of the molecule is O=C1CCCc2nc(-c3cccc(Cl)c3)ncc21. The molecule has 1 aromatic carbocycles. The van der Waals surface area contributed by atoms with Crippen molar-refractivity contribution >= 4 is 17.4 Å². The van der Waals surface area contributed by atoms with Gasteiger partial charge in [-0.1, -0.05) is 23.7 Å². The Bertz CT molecular complexity index is 625. The molecule has 1 aromatic heterocycles. The Morgan fingerprint density at radius 1 is 1.22 bits per heavy atom. The second-order valence-electron chi connectivity index (χ2n) is 4.34. The minimum Gasteiger partial charge on any atom is -0.294 e. The number of halogens is 1. The second-order valence-corrected chi connectivity index (χ2v) is 4.78. The van der Waals surface area contributed by atoms with Crippen molar-refractivity contribution in [3.63, 3.8) is 0 Å². The highest BCUT2D eigenvalue weighted by Crippen LogP contribution is 2.23. The molecule has 1 aliphatic rings. The van der Waals surface area contributed by atoms with Crippen molar-refractivity contribution < 1.29 is 4.79 Å². The van der Waals surface area contributed by atoms with Gasteiger partial charge < -0.3 is 0 Å². The molecule has 0 aliphatic heterocycles. The first-order valence-corrected chi connectivity index (χ1v) is 6.27. The first-order valence-electron chi connectivity index (χ1n) is 5.89. The number of carbonyl (C=O) groups is 1. The Morgan fingerprint density at radius 3 is 2.94 bits per heavy atom. The van der Waals surface area contributed by atoms with Gasteiger partial charge in [-0.2, -0.15) is 0 Å². The maximum absolute atomic E-state index is 11.7. The third-order valence-corrected chi connectivity index (χ3v) is 3.30. The summed E-state index contributed by atoms with van der Waals surface area (Å²) in [5.74, 6) is 0.778. The standard InChI is InChI=1S/C14H11ClN2O/c15-10-4-1-3-9(7-10)14-16-8-11-12(17-14)5-2-6-13(11)18/h1,3-4,7-8H,2,5-6H2. The smallest absolute Gasteiger partial charge is 0.166 e. The molecule has 1 heterocycles. The summed E-state index contributed by atoms with van der Waals surface area (Å²) in [6.45, 7) is 0. The molecule has 0 saturated carbocycles. The van der Waals surface area contributed by atoms with Gasteiger partial charge in [-0.3, -0.25) is 4.79 Å². The van der Waals surface area contributed by atoms with Gasteiger partial charge in [0.15, 0.2) is 11.6 Å². The van der Waals surface area contributed by atoms with Crippen molar-refractivity contribution in [3.05, 3.63) is 46.7 Å². The molecule has 0 saturated heterocycles. The van der Waals surface area contributed by atoms with Crippen LogP contribution in [0.15, 0.2) is 30.5 Å². The average Bonchev–Trinajstić information content (AvgIpc) is 2.39. The van der Waals surface area contributed by atoms with Gasteiger partial charge in [-0.25, -0.2) is 9.97 Å². The molecule has 4 heteroatoms. The lowest BCUT2D eigenvalue weighted by molar-refractivity contribution is 0.0971. The summed E-state index contributed by atoms with van der Waals surface area (Å²) < 4.78 is 0. The highest BCUT2D eigenvalue weighted by atomic mass is 35.5. The number of aromatic nitrogens is 2. The first-order chi connectivity index (χ1) is 8.74. The van der Waals surface area contributed by atoms with Crippen molar-refractivity contribution in [2.24, 2.45) is 0 Å². The Labute approximate surface area is 110 Å². The van der Waals surface area contributed by atoms with Crippen LogP contribution in [-0.4, -0.2) is 15.8 Å². The molecule has 2 aromatic rings. The number of ketones is 1. The Balaban J connectivity index is 2.07. The van der Waals surface area contributed by atoms with Crippen LogP contribution < -0.4 is 0 Å². The molecule has 18 heavy (non-hydrogen) atoms. The minimum absolute atomic E-state index is 0.147. The van der Waals surface area contributed by atoms with E-state index in [-0.39, 0.29) is 5.78 Å². The fraction of sp³-hybridized carbons (Fsp3) is 0.214. The van der Waals surface area contributed by atoms with Crippen molar-refractivity contribution in [3.8, 4) is 11.4 Å². The summed E-state index contributed by atoms with van der Waals surface area (Å²) in [6, 6.07) is 7.42. The Morgan fingerprint density at radius 2 is 2.11 bits per heavy atom. The third-order valence-electron chi connectivity index (χ3n) is 3.07. The Hall–Kier alpha value is -1.74. The van der Waals surface area contributed by atoms with Crippen molar-refractivity contribution in [1.82, 2.24) is 9.97 Å². The molecule has 0 fully saturated rings. The maximum atomic E-state index is 11.7. The number of nitrogens with zero attached hydrogens (tertiary/aromatic N) is 2. The number of benzene rings is 1. The van der Waals surface area contributed by atoms with Gasteiger partial charge in [0.05, 0.1) is 11.3 Å². The van der Waals surface area contributed by atoms with E-state index >= 15 is 0 Å². The van der Waals surface area contributed by atoms with E-state index in [1.54, 1.807) is 6.20 Å². The summed E-state index contributed by atoms with van der Waals surface area (Å²) in [5, 5.41) is 0.657. The van der Waals surface area contributed by atoms with Crippen LogP contribution in [0.1, 0.15) is 28.9 Å².